The molecule has 240 valence electrons. The van der Waals surface area contributed by atoms with Crippen LogP contribution in [0.1, 0.15) is 85.8 Å². The molecule has 0 saturated heterocycles. The van der Waals surface area contributed by atoms with Crippen LogP contribution in [0.25, 0.3) is 5.57 Å². The van der Waals surface area contributed by atoms with Crippen molar-refractivity contribution in [3.63, 3.8) is 0 Å². The molecule has 5 rings (SSSR count). The number of aryl methyl sites for hydroxylation is 1. The third-order valence-corrected chi connectivity index (χ3v) is 8.91. The molecular formula is C37H41F2N5O2. The number of alkyl halides is 1. The zero-order chi connectivity index (χ0) is 33.0. The van der Waals surface area contributed by atoms with Crippen LogP contribution >= 0.6 is 0 Å². The summed E-state index contributed by atoms with van der Waals surface area (Å²) in [6, 6.07) is 8.79. The summed E-state index contributed by atoms with van der Waals surface area (Å²) in [5.74, 6) is 0.0610. The number of rotatable bonds is 11. The number of hydrogen-bond donors (Lipinski definition) is 3. The van der Waals surface area contributed by atoms with Gasteiger partial charge in [0.25, 0.3) is 6.36 Å². The molecule has 9 heteroatoms. The number of carbonyl (C=O) groups excluding carboxylic acids is 1. The molecule has 2 aromatic rings. The third-order valence-electron chi connectivity index (χ3n) is 8.91. The van der Waals surface area contributed by atoms with E-state index in [-0.39, 0.29) is 29.4 Å². The average Bonchev–Trinajstić information content (AvgIpc) is 3.18. The molecule has 1 fully saturated rings. The van der Waals surface area contributed by atoms with Crippen molar-refractivity contribution in [2.45, 2.75) is 78.5 Å². The Morgan fingerprint density at radius 3 is 2.67 bits per heavy atom. The average molecular weight is 626 g/mol. The van der Waals surface area contributed by atoms with Gasteiger partial charge >= 0.3 is 0 Å². The number of benzene rings is 2. The quantitative estimate of drug-likeness (QED) is 0.132. The first-order valence-corrected chi connectivity index (χ1v) is 15.9. The number of hydrogen-bond acceptors (Lipinski definition) is 7. The lowest BCUT2D eigenvalue weighted by Gasteiger charge is -2.23. The number of aliphatic imine (C=N–C) groups is 2. The molecule has 3 aliphatic rings. The maximum Gasteiger partial charge on any atom is 0.259 e. The minimum absolute atomic E-state index is 0.0458. The molecule has 2 unspecified atom stereocenters. The normalized spacial score (nSPS) is 19.8. The second-order valence-electron chi connectivity index (χ2n) is 12.4. The first-order chi connectivity index (χ1) is 22.0. The van der Waals surface area contributed by atoms with E-state index >= 15 is 4.39 Å². The number of nitrogens with zero attached hydrogens (tertiary/aromatic N) is 2. The van der Waals surface area contributed by atoms with Crippen LogP contribution in [0.4, 0.5) is 14.5 Å². The van der Waals surface area contributed by atoms with Crippen molar-refractivity contribution < 1.29 is 18.3 Å². The number of anilines is 1. The monoisotopic (exact) mass is 625 g/mol. The smallest absolute Gasteiger partial charge is 0.259 e. The largest absolute Gasteiger partial charge is 0.453 e. The Morgan fingerprint density at radius 1 is 1.20 bits per heavy atom. The first-order valence-electron chi connectivity index (χ1n) is 15.9. The van der Waals surface area contributed by atoms with Crippen molar-refractivity contribution in [1.29, 1.82) is 10.8 Å². The minimum Gasteiger partial charge on any atom is -0.453 e. The molecule has 0 spiro atoms. The van der Waals surface area contributed by atoms with Gasteiger partial charge in [0, 0.05) is 53.8 Å². The summed E-state index contributed by atoms with van der Waals surface area (Å²) in [6.45, 7) is 8.65. The number of nitrogens with one attached hydrogen (secondary N) is 3. The molecule has 2 bridgehead atoms. The highest BCUT2D eigenvalue weighted by Gasteiger charge is 2.27. The van der Waals surface area contributed by atoms with Crippen molar-refractivity contribution in [3.05, 3.63) is 89.0 Å². The van der Waals surface area contributed by atoms with Gasteiger partial charge in [-0.25, -0.2) is 9.38 Å². The molecular weight excluding hydrogens is 584 g/mol. The lowest BCUT2D eigenvalue weighted by Crippen LogP contribution is -2.26. The maximum absolute atomic E-state index is 15.2. The van der Waals surface area contributed by atoms with Crippen LogP contribution in [0.5, 0.6) is 5.75 Å². The van der Waals surface area contributed by atoms with E-state index in [1.54, 1.807) is 25.4 Å². The Bertz CT molecular complexity index is 1690. The van der Waals surface area contributed by atoms with E-state index < -0.39 is 12.2 Å². The van der Waals surface area contributed by atoms with Gasteiger partial charge in [-0.1, -0.05) is 25.6 Å². The van der Waals surface area contributed by atoms with Crippen LogP contribution in [-0.4, -0.2) is 35.1 Å². The number of Topliss-reactive ketones (excluding diaryl/α,β-unsaturated/α-hetero) is 1. The van der Waals surface area contributed by atoms with E-state index in [1.807, 2.05) is 31.2 Å². The van der Waals surface area contributed by atoms with Gasteiger partial charge in [0.15, 0.2) is 23.2 Å². The first kappa shape index (κ1) is 32.9. The predicted molar refractivity (Wildman–Crippen MR) is 182 cm³/mol. The lowest BCUT2D eigenvalue weighted by molar-refractivity contribution is 0.0973. The summed E-state index contributed by atoms with van der Waals surface area (Å²) in [5.41, 5.74) is 6.33. The van der Waals surface area contributed by atoms with E-state index in [4.69, 9.17) is 15.6 Å². The fourth-order valence-electron chi connectivity index (χ4n) is 6.20. The van der Waals surface area contributed by atoms with E-state index in [1.165, 1.54) is 13.0 Å². The molecule has 3 N–H and O–H groups in total. The molecule has 0 radical (unpaired) electrons. The topological polar surface area (TPSA) is 111 Å². The van der Waals surface area contributed by atoms with E-state index in [9.17, 15) is 9.18 Å². The molecule has 2 atom stereocenters. The summed E-state index contributed by atoms with van der Waals surface area (Å²) >= 11 is 0. The Morgan fingerprint density at radius 2 is 1.96 bits per heavy atom. The maximum atomic E-state index is 15.2. The second-order valence-corrected chi connectivity index (χ2v) is 12.4. The summed E-state index contributed by atoms with van der Waals surface area (Å²) in [5, 5.41) is 19.6. The van der Waals surface area contributed by atoms with Crippen molar-refractivity contribution in [2.75, 3.05) is 5.32 Å². The zero-order valence-corrected chi connectivity index (χ0v) is 26.7. The Labute approximate surface area is 269 Å². The Balaban J connectivity index is 1.28. The van der Waals surface area contributed by atoms with Gasteiger partial charge in [-0.3, -0.25) is 9.79 Å². The standard InChI is InChI=1S/C37H41F2N5O2/c1-5-24-17-28(10-11-30(24)33(45)19-27(41)16-23-6-8-26(40)9-7-23)44-37-32-18-25(14-15-42-37)31(20-43-32)29-12-13-34(35(38)22(29)4)46-36(39)21(2)3/h10-15,17,20,23,25,36,40-41H,2,5-9,16,18-19H2,1,3-4H3,(H,42,44). The predicted octanol–water partition coefficient (Wildman–Crippen LogP) is 8.98. The van der Waals surface area contributed by atoms with Crippen LogP contribution in [0, 0.1) is 35.4 Å². The SMILES string of the molecule is C=C(C)C(F)Oc1ccc(C2=CN=C3CC2C=CN=C3Nc2ccc(C(=O)CC(=N)CC3CCC(=N)CC3)c(CC)c2)c(C)c1F. The third kappa shape index (κ3) is 7.46. The molecule has 1 aliphatic carbocycles. The van der Waals surface area contributed by atoms with Crippen LogP contribution in [0.15, 0.2) is 70.9 Å². The second kappa shape index (κ2) is 14.3. The fraction of sp³-hybridized carbons (Fsp3) is 0.378. The van der Waals surface area contributed by atoms with Crippen LogP contribution in [0.3, 0.4) is 0 Å². The van der Waals surface area contributed by atoms with Crippen molar-refractivity contribution in [3.8, 4) is 5.75 Å². The summed E-state index contributed by atoms with van der Waals surface area (Å²) < 4.78 is 34.3. The lowest BCUT2D eigenvalue weighted by atomic mass is 9.83. The number of ether oxygens (including phenoxy) is 1. The molecule has 2 heterocycles. The van der Waals surface area contributed by atoms with Crippen molar-refractivity contribution in [1.82, 2.24) is 0 Å². The van der Waals surface area contributed by atoms with Gasteiger partial charge in [0.1, 0.15) is 0 Å². The molecule has 2 aliphatic heterocycles. The molecule has 0 amide bonds. The fourth-order valence-corrected chi connectivity index (χ4v) is 6.20. The summed E-state index contributed by atoms with van der Waals surface area (Å²) in [4.78, 5) is 22.5. The molecule has 2 aromatic carbocycles. The molecule has 0 aromatic heterocycles. The van der Waals surface area contributed by atoms with Crippen molar-refractivity contribution >= 4 is 40.0 Å². The summed E-state index contributed by atoms with van der Waals surface area (Å²) in [6.07, 6.45) is 9.03. The van der Waals surface area contributed by atoms with Crippen LogP contribution in [-0.2, 0) is 6.42 Å². The van der Waals surface area contributed by atoms with Gasteiger partial charge in [-0.2, -0.15) is 4.39 Å². The summed E-state index contributed by atoms with van der Waals surface area (Å²) in [7, 11) is 0. The highest BCUT2D eigenvalue weighted by atomic mass is 19.1. The Kier molecular flexibility index (Phi) is 10.2. The van der Waals surface area contributed by atoms with Gasteiger partial charge in [0.2, 0.25) is 0 Å². The minimum atomic E-state index is -1.79. The van der Waals surface area contributed by atoms with E-state index in [0.717, 1.165) is 53.9 Å². The molecule has 7 nitrogen and oxygen atoms in total. The number of halogens is 2. The van der Waals surface area contributed by atoms with E-state index in [0.29, 0.717) is 53.4 Å². The number of allylic oxidation sites excluding steroid dienone is 2. The van der Waals surface area contributed by atoms with Gasteiger partial charge in [-0.15, -0.1) is 0 Å². The highest BCUT2D eigenvalue weighted by Crippen LogP contribution is 2.37. The highest BCUT2D eigenvalue weighted by molar-refractivity contribution is 6.46. The number of fused-ring (bicyclic) bond motifs is 2. The Hall–Kier alpha value is -4.53. The van der Waals surface area contributed by atoms with Gasteiger partial charge in [-0.05, 0) is 110 Å². The van der Waals surface area contributed by atoms with Crippen LogP contribution in [0.2, 0.25) is 0 Å². The van der Waals surface area contributed by atoms with Gasteiger partial charge < -0.3 is 20.9 Å². The van der Waals surface area contributed by atoms with Crippen molar-refractivity contribution in [2.24, 2.45) is 21.8 Å². The number of carbonyl (C=O) groups is 1. The zero-order valence-electron chi connectivity index (χ0n) is 26.7. The van der Waals surface area contributed by atoms with E-state index in [2.05, 4.69) is 21.9 Å². The number of ketones is 1. The number of amidine groups is 1. The molecule has 1 saturated carbocycles. The van der Waals surface area contributed by atoms with Crippen LogP contribution < -0.4 is 10.1 Å². The van der Waals surface area contributed by atoms with Gasteiger partial charge in [0.05, 0.1) is 5.71 Å². The molecule has 46 heavy (non-hydrogen) atoms.